The van der Waals surface area contributed by atoms with E-state index < -0.39 is 16.3 Å². The maximum absolute atomic E-state index is 13.4. The maximum atomic E-state index is 13.4. The van der Waals surface area contributed by atoms with E-state index in [1.807, 2.05) is 30.3 Å². The van der Waals surface area contributed by atoms with Gasteiger partial charge >= 0.3 is 0 Å². The van der Waals surface area contributed by atoms with Gasteiger partial charge in [-0.05, 0) is 34.7 Å². The Morgan fingerprint density at radius 1 is 0.966 bits per heavy atom. The Bertz CT molecular complexity index is 1280. The molecule has 0 fully saturated rings. The van der Waals surface area contributed by atoms with Crippen LogP contribution in [0.25, 0.3) is 21.9 Å². The van der Waals surface area contributed by atoms with Crippen LogP contribution in [0.2, 0.25) is 0 Å². The van der Waals surface area contributed by atoms with Crippen molar-refractivity contribution in [2.75, 3.05) is 5.73 Å². The molecule has 0 atom stereocenters. The summed E-state index contributed by atoms with van der Waals surface area (Å²) in [5.74, 6) is -0.184. The molecule has 4 rings (SSSR count). The van der Waals surface area contributed by atoms with Crippen LogP contribution in [0.4, 0.5) is 15.9 Å². The molecule has 0 saturated heterocycles. The second kappa shape index (κ2) is 7.20. The van der Waals surface area contributed by atoms with Crippen LogP contribution >= 0.6 is 0 Å². The van der Waals surface area contributed by atoms with Gasteiger partial charge in [-0.3, -0.25) is 19.5 Å². The molecule has 144 valence electrons. The van der Waals surface area contributed by atoms with Gasteiger partial charge in [0.1, 0.15) is 11.6 Å². The molecule has 29 heavy (non-hydrogen) atoms. The number of hydrogen-bond acceptors (Lipinski definition) is 4. The zero-order valence-electron chi connectivity index (χ0n) is 15.2. The van der Waals surface area contributed by atoms with Crippen LogP contribution in [0.5, 0.6) is 0 Å². The van der Waals surface area contributed by atoms with E-state index in [9.17, 15) is 19.3 Å². The summed E-state index contributed by atoms with van der Waals surface area (Å²) in [6.45, 7) is 0.207. The SMILES string of the molecule is Nc1c(-c2ccc(F)cc2)c2ccc([N+](=O)[O-])cc2c(=O)n1Cc1ccccc1. The predicted molar refractivity (Wildman–Crippen MR) is 110 cm³/mol. The molecule has 0 unspecified atom stereocenters. The maximum Gasteiger partial charge on any atom is 0.270 e. The van der Waals surface area contributed by atoms with Crippen molar-refractivity contribution in [1.29, 1.82) is 0 Å². The van der Waals surface area contributed by atoms with Crippen molar-refractivity contribution in [3.8, 4) is 11.1 Å². The minimum atomic E-state index is -0.547. The van der Waals surface area contributed by atoms with E-state index in [0.717, 1.165) is 5.56 Å². The summed E-state index contributed by atoms with van der Waals surface area (Å²) in [4.78, 5) is 23.8. The number of rotatable bonds is 4. The molecule has 0 saturated carbocycles. The lowest BCUT2D eigenvalue weighted by Crippen LogP contribution is -2.24. The lowest BCUT2D eigenvalue weighted by Gasteiger charge is -2.17. The number of hydrogen-bond donors (Lipinski definition) is 1. The summed E-state index contributed by atoms with van der Waals surface area (Å²) in [5.41, 5.74) is 7.80. The third-order valence-corrected chi connectivity index (χ3v) is 4.82. The monoisotopic (exact) mass is 389 g/mol. The highest BCUT2D eigenvalue weighted by atomic mass is 19.1. The van der Waals surface area contributed by atoms with Crippen LogP contribution in [-0.2, 0) is 6.54 Å². The first-order valence-electron chi connectivity index (χ1n) is 8.86. The van der Waals surface area contributed by atoms with Gasteiger partial charge in [0.25, 0.3) is 11.2 Å². The number of non-ortho nitro benzene ring substituents is 1. The van der Waals surface area contributed by atoms with E-state index >= 15 is 0 Å². The Balaban J connectivity index is 2.05. The summed E-state index contributed by atoms with van der Waals surface area (Å²) < 4.78 is 14.8. The van der Waals surface area contributed by atoms with Crippen LogP contribution < -0.4 is 11.3 Å². The van der Waals surface area contributed by atoms with Gasteiger partial charge in [0, 0.05) is 17.7 Å². The van der Waals surface area contributed by atoms with E-state index in [1.165, 1.54) is 34.9 Å². The number of nitro benzene ring substituents is 1. The van der Waals surface area contributed by atoms with Crippen molar-refractivity contribution >= 4 is 22.3 Å². The molecule has 1 heterocycles. The number of nitrogen functional groups attached to an aromatic ring is 1. The summed E-state index contributed by atoms with van der Waals surface area (Å²) in [7, 11) is 0. The quantitative estimate of drug-likeness (QED) is 0.415. The third-order valence-electron chi connectivity index (χ3n) is 4.82. The Kier molecular flexibility index (Phi) is 4.56. The predicted octanol–water partition coefficient (Wildman–Crippen LogP) is 4.35. The summed E-state index contributed by atoms with van der Waals surface area (Å²) in [5, 5.41) is 11.9. The molecule has 7 heteroatoms. The lowest BCUT2D eigenvalue weighted by atomic mass is 9.98. The fraction of sp³-hybridized carbons (Fsp3) is 0.0455. The molecule has 4 aromatic rings. The minimum absolute atomic E-state index is 0.184. The topological polar surface area (TPSA) is 91.2 Å². The highest BCUT2D eigenvalue weighted by molar-refractivity contribution is 6.01. The molecule has 0 aliphatic heterocycles. The van der Waals surface area contributed by atoms with Gasteiger partial charge in [0.15, 0.2) is 0 Å². The molecular formula is C22H16FN3O3. The van der Waals surface area contributed by atoms with Gasteiger partial charge in [-0.2, -0.15) is 0 Å². The van der Waals surface area contributed by atoms with Crippen LogP contribution in [0, 0.1) is 15.9 Å². The number of halogens is 1. The standard InChI is InChI=1S/C22H16FN3O3/c23-16-8-6-15(7-9-16)20-18-11-10-17(26(28)29)12-19(18)22(27)25(21(20)24)13-14-4-2-1-3-5-14/h1-12H,13,24H2. The van der Waals surface area contributed by atoms with Crippen molar-refractivity contribution in [2.45, 2.75) is 6.54 Å². The van der Waals surface area contributed by atoms with Gasteiger partial charge in [-0.15, -0.1) is 0 Å². The van der Waals surface area contributed by atoms with E-state index in [0.29, 0.717) is 16.5 Å². The highest BCUT2D eigenvalue weighted by Gasteiger charge is 2.19. The van der Waals surface area contributed by atoms with Crippen LogP contribution in [0.3, 0.4) is 0 Å². The van der Waals surface area contributed by atoms with Gasteiger partial charge < -0.3 is 5.73 Å². The molecule has 2 N–H and O–H groups in total. The first-order chi connectivity index (χ1) is 14.0. The number of nitro groups is 1. The second-order valence-electron chi connectivity index (χ2n) is 6.63. The number of anilines is 1. The van der Waals surface area contributed by atoms with Gasteiger partial charge in [0.05, 0.1) is 16.9 Å². The van der Waals surface area contributed by atoms with Crippen LogP contribution in [0.15, 0.2) is 77.6 Å². The summed E-state index contributed by atoms with van der Waals surface area (Å²) >= 11 is 0. The molecule has 0 aliphatic carbocycles. The number of aromatic nitrogens is 1. The van der Waals surface area contributed by atoms with Gasteiger partial charge in [-0.25, -0.2) is 4.39 Å². The van der Waals surface area contributed by atoms with E-state index in [1.54, 1.807) is 12.1 Å². The summed E-state index contributed by atoms with van der Waals surface area (Å²) in [6, 6.07) is 19.1. The van der Waals surface area contributed by atoms with E-state index in [2.05, 4.69) is 0 Å². The Labute approximate surface area is 164 Å². The molecule has 0 bridgehead atoms. The van der Waals surface area contributed by atoms with E-state index in [4.69, 9.17) is 5.73 Å². The van der Waals surface area contributed by atoms with Crippen LogP contribution in [0.1, 0.15) is 5.56 Å². The number of benzene rings is 3. The Morgan fingerprint density at radius 2 is 1.66 bits per heavy atom. The molecule has 0 spiro atoms. The second-order valence-corrected chi connectivity index (χ2v) is 6.63. The average molecular weight is 389 g/mol. The normalized spacial score (nSPS) is 10.9. The molecule has 0 amide bonds. The zero-order valence-corrected chi connectivity index (χ0v) is 15.2. The molecule has 6 nitrogen and oxygen atoms in total. The van der Waals surface area contributed by atoms with E-state index in [-0.39, 0.29) is 23.4 Å². The number of fused-ring (bicyclic) bond motifs is 1. The van der Waals surface area contributed by atoms with Gasteiger partial charge in [0.2, 0.25) is 0 Å². The van der Waals surface area contributed by atoms with Crippen molar-refractivity contribution in [2.24, 2.45) is 0 Å². The largest absolute Gasteiger partial charge is 0.384 e. The number of nitrogens with two attached hydrogens (primary N) is 1. The first-order valence-corrected chi connectivity index (χ1v) is 8.86. The van der Waals surface area contributed by atoms with Gasteiger partial charge in [-0.1, -0.05) is 42.5 Å². The Hall–Kier alpha value is -4.00. The highest BCUT2D eigenvalue weighted by Crippen LogP contribution is 2.34. The van der Waals surface area contributed by atoms with Crippen molar-refractivity contribution < 1.29 is 9.31 Å². The van der Waals surface area contributed by atoms with Crippen molar-refractivity contribution in [3.63, 3.8) is 0 Å². The van der Waals surface area contributed by atoms with Crippen LogP contribution in [-0.4, -0.2) is 9.49 Å². The zero-order chi connectivity index (χ0) is 20.5. The third kappa shape index (κ3) is 3.34. The number of pyridine rings is 1. The van der Waals surface area contributed by atoms with Crippen molar-refractivity contribution in [1.82, 2.24) is 4.57 Å². The number of nitrogens with zero attached hydrogens (tertiary/aromatic N) is 2. The molecule has 0 radical (unpaired) electrons. The first kappa shape index (κ1) is 18.4. The molecule has 1 aromatic heterocycles. The summed E-state index contributed by atoms with van der Waals surface area (Å²) in [6.07, 6.45) is 0. The molecule has 0 aliphatic rings. The van der Waals surface area contributed by atoms with Crippen molar-refractivity contribution in [3.05, 3.63) is 105 Å². The Morgan fingerprint density at radius 3 is 2.31 bits per heavy atom. The molecular weight excluding hydrogens is 373 g/mol. The fourth-order valence-corrected chi connectivity index (χ4v) is 3.41. The lowest BCUT2D eigenvalue weighted by molar-refractivity contribution is -0.384. The molecule has 3 aromatic carbocycles. The minimum Gasteiger partial charge on any atom is -0.384 e. The average Bonchev–Trinajstić information content (AvgIpc) is 2.73. The smallest absolute Gasteiger partial charge is 0.270 e. The fourth-order valence-electron chi connectivity index (χ4n) is 3.41.